The first kappa shape index (κ1) is 17.3. The molecule has 0 unspecified atom stereocenters. The van der Waals surface area contributed by atoms with Crippen molar-refractivity contribution in [2.75, 3.05) is 7.11 Å². The number of ether oxygens (including phenoxy) is 2. The predicted octanol–water partition coefficient (Wildman–Crippen LogP) is 2.89. The van der Waals surface area contributed by atoms with Gasteiger partial charge in [0.25, 0.3) is 0 Å². The number of methoxy groups -OCH3 is 1. The molecule has 1 N–H and O–H groups in total. The molecule has 2 aromatic rings. The minimum Gasteiger partial charge on any atom is -0.496 e. The average Bonchev–Trinajstić information content (AvgIpc) is 3.09. The lowest BCUT2D eigenvalue weighted by molar-refractivity contribution is 0.131. The Bertz CT molecular complexity index is 695. The van der Waals surface area contributed by atoms with Gasteiger partial charge in [-0.25, -0.2) is 9.48 Å². The van der Waals surface area contributed by atoms with Crippen LogP contribution >= 0.6 is 0 Å². The molecule has 1 saturated carbocycles. The van der Waals surface area contributed by atoms with Crippen molar-refractivity contribution in [1.29, 1.82) is 0 Å². The van der Waals surface area contributed by atoms with E-state index < -0.39 is 0 Å². The first-order valence-electron chi connectivity index (χ1n) is 8.69. The minimum atomic E-state index is -0.383. The van der Waals surface area contributed by atoms with E-state index in [2.05, 4.69) is 15.6 Å². The third kappa shape index (κ3) is 4.95. The van der Waals surface area contributed by atoms with Crippen LogP contribution in [0.1, 0.15) is 43.4 Å². The third-order valence-corrected chi connectivity index (χ3v) is 4.39. The number of nitrogens with zero attached hydrogens (tertiary/aromatic N) is 3. The maximum Gasteiger partial charge on any atom is 0.407 e. The minimum absolute atomic E-state index is 0.116. The molecule has 7 heteroatoms. The quantitative estimate of drug-likeness (QED) is 0.872. The van der Waals surface area contributed by atoms with Crippen molar-refractivity contribution >= 4 is 6.09 Å². The van der Waals surface area contributed by atoms with E-state index in [1.165, 1.54) is 19.3 Å². The summed E-state index contributed by atoms with van der Waals surface area (Å²) in [7, 11) is 1.64. The van der Waals surface area contributed by atoms with Crippen LogP contribution in [0.25, 0.3) is 0 Å². The largest absolute Gasteiger partial charge is 0.496 e. The molecule has 0 saturated heterocycles. The van der Waals surface area contributed by atoms with Crippen LogP contribution in [0.15, 0.2) is 30.5 Å². The van der Waals surface area contributed by atoms with Crippen molar-refractivity contribution in [2.24, 2.45) is 0 Å². The summed E-state index contributed by atoms with van der Waals surface area (Å²) < 4.78 is 12.3. The Morgan fingerprint density at radius 3 is 2.88 bits per heavy atom. The van der Waals surface area contributed by atoms with E-state index in [9.17, 15) is 4.79 Å². The lowest BCUT2D eigenvalue weighted by Crippen LogP contribution is -2.36. The fourth-order valence-corrected chi connectivity index (χ4v) is 3.08. The van der Waals surface area contributed by atoms with Gasteiger partial charge in [-0.1, -0.05) is 42.7 Å². The summed E-state index contributed by atoms with van der Waals surface area (Å²) in [4.78, 5) is 11.9. The van der Waals surface area contributed by atoms with Crippen molar-refractivity contribution in [1.82, 2.24) is 20.3 Å². The topological polar surface area (TPSA) is 78.3 Å². The number of rotatable bonds is 6. The summed E-state index contributed by atoms with van der Waals surface area (Å²) in [5.41, 5.74) is 1.63. The smallest absolute Gasteiger partial charge is 0.407 e. The van der Waals surface area contributed by atoms with Gasteiger partial charge in [0, 0.05) is 11.6 Å². The van der Waals surface area contributed by atoms with Crippen LogP contribution in [-0.4, -0.2) is 34.2 Å². The van der Waals surface area contributed by atoms with E-state index in [-0.39, 0.29) is 18.7 Å². The normalized spacial score (nSPS) is 14.9. The van der Waals surface area contributed by atoms with E-state index in [0.29, 0.717) is 12.2 Å². The molecule has 1 aromatic carbocycles. The highest BCUT2D eigenvalue weighted by Gasteiger charge is 2.16. The van der Waals surface area contributed by atoms with E-state index in [0.717, 1.165) is 24.2 Å². The molecule has 1 amide bonds. The van der Waals surface area contributed by atoms with Crippen LogP contribution in [0.5, 0.6) is 5.75 Å². The van der Waals surface area contributed by atoms with E-state index in [4.69, 9.17) is 9.47 Å². The molecule has 0 bridgehead atoms. The molecule has 0 atom stereocenters. The molecule has 1 fully saturated rings. The van der Waals surface area contributed by atoms with Crippen LogP contribution < -0.4 is 10.1 Å². The first-order valence-corrected chi connectivity index (χ1v) is 8.69. The van der Waals surface area contributed by atoms with Crippen LogP contribution in [0.4, 0.5) is 4.79 Å². The van der Waals surface area contributed by atoms with Gasteiger partial charge < -0.3 is 14.8 Å². The highest BCUT2D eigenvalue weighted by Crippen LogP contribution is 2.18. The highest BCUT2D eigenvalue weighted by atomic mass is 16.5. The molecule has 1 aliphatic rings. The monoisotopic (exact) mass is 344 g/mol. The summed E-state index contributed by atoms with van der Waals surface area (Å²) in [6.07, 6.45) is 7.05. The number of carbonyl (C=O) groups is 1. The predicted molar refractivity (Wildman–Crippen MR) is 92.3 cm³/mol. The highest BCUT2D eigenvalue weighted by molar-refractivity contribution is 5.67. The van der Waals surface area contributed by atoms with Crippen molar-refractivity contribution < 1.29 is 14.3 Å². The number of para-hydroxylation sites is 1. The van der Waals surface area contributed by atoms with E-state index >= 15 is 0 Å². The molecule has 0 spiro atoms. The van der Waals surface area contributed by atoms with Crippen LogP contribution in [0, 0.1) is 0 Å². The molecular weight excluding hydrogens is 320 g/mol. The van der Waals surface area contributed by atoms with E-state index in [1.54, 1.807) is 18.0 Å². The second-order valence-corrected chi connectivity index (χ2v) is 6.27. The lowest BCUT2D eigenvalue weighted by Gasteiger charge is -2.22. The summed E-state index contributed by atoms with van der Waals surface area (Å²) >= 11 is 0. The Balaban J connectivity index is 1.49. The molecule has 134 valence electrons. The second kappa shape index (κ2) is 8.50. The number of carbonyl (C=O) groups excluding carboxylic acids is 1. The van der Waals surface area contributed by atoms with Gasteiger partial charge in [-0.05, 0) is 18.9 Å². The van der Waals surface area contributed by atoms with Gasteiger partial charge in [-0.3, -0.25) is 0 Å². The summed E-state index contributed by atoms with van der Waals surface area (Å²) in [6, 6.07) is 8.00. The Morgan fingerprint density at radius 2 is 2.08 bits per heavy atom. The molecule has 25 heavy (non-hydrogen) atoms. The van der Waals surface area contributed by atoms with Crippen molar-refractivity contribution in [3.05, 3.63) is 41.7 Å². The Morgan fingerprint density at radius 1 is 1.28 bits per heavy atom. The first-order chi connectivity index (χ1) is 12.2. The Labute approximate surface area is 147 Å². The zero-order chi connectivity index (χ0) is 17.5. The van der Waals surface area contributed by atoms with Gasteiger partial charge in [0.1, 0.15) is 18.1 Å². The maximum atomic E-state index is 11.9. The Kier molecular flexibility index (Phi) is 5.87. The number of hydrogen-bond donors (Lipinski definition) is 1. The van der Waals surface area contributed by atoms with E-state index in [1.807, 2.05) is 24.3 Å². The van der Waals surface area contributed by atoms with Crippen molar-refractivity contribution in [3.63, 3.8) is 0 Å². The number of nitrogens with one attached hydrogen (secondary N) is 1. The van der Waals surface area contributed by atoms with Crippen LogP contribution in [-0.2, 0) is 17.9 Å². The standard InChI is InChI=1S/C18H24N4O3/c1-24-17-10-6-5-7-14(17)11-22-12-16(20-21-22)13-25-18(23)19-15-8-3-2-4-9-15/h5-7,10,12,15H,2-4,8-9,11,13H2,1H3,(H,19,23). The van der Waals surface area contributed by atoms with Crippen molar-refractivity contribution in [2.45, 2.75) is 51.3 Å². The molecular formula is C18H24N4O3. The van der Waals surface area contributed by atoms with Gasteiger partial charge in [-0.15, -0.1) is 5.10 Å². The zero-order valence-electron chi connectivity index (χ0n) is 14.5. The lowest BCUT2D eigenvalue weighted by atomic mass is 9.96. The fraction of sp³-hybridized carbons (Fsp3) is 0.500. The van der Waals surface area contributed by atoms with Gasteiger partial charge in [0.05, 0.1) is 19.9 Å². The third-order valence-electron chi connectivity index (χ3n) is 4.39. The van der Waals surface area contributed by atoms with Gasteiger partial charge >= 0.3 is 6.09 Å². The summed E-state index contributed by atoms with van der Waals surface area (Å²) in [5.74, 6) is 0.808. The number of hydrogen-bond acceptors (Lipinski definition) is 5. The molecule has 1 aromatic heterocycles. The van der Waals surface area contributed by atoms with Crippen LogP contribution in [0.3, 0.4) is 0 Å². The number of alkyl carbamates (subject to hydrolysis) is 1. The number of aromatic nitrogens is 3. The van der Waals surface area contributed by atoms with Gasteiger partial charge in [-0.2, -0.15) is 0 Å². The second-order valence-electron chi connectivity index (χ2n) is 6.27. The molecule has 7 nitrogen and oxygen atoms in total. The molecule has 1 aliphatic carbocycles. The number of benzene rings is 1. The summed E-state index contributed by atoms with van der Waals surface area (Å²) in [6.45, 7) is 0.662. The summed E-state index contributed by atoms with van der Waals surface area (Å²) in [5, 5.41) is 11.1. The molecule has 1 heterocycles. The molecule has 0 aliphatic heterocycles. The SMILES string of the molecule is COc1ccccc1Cn1cc(COC(=O)NC2CCCCC2)nn1. The Hall–Kier alpha value is -2.57. The molecule has 0 radical (unpaired) electrons. The zero-order valence-corrected chi connectivity index (χ0v) is 14.5. The average molecular weight is 344 g/mol. The maximum absolute atomic E-state index is 11.9. The molecule has 3 rings (SSSR count). The fourth-order valence-electron chi connectivity index (χ4n) is 3.08. The number of amides is 1. The van der Waals surface area contributed by atoms with Crippen molar-refractivity contribution in [3.8, 4) is 5.75 Å². The van der Waals surface area contributed by atoms with Crippen LogP contribution in [0.2, 0.25) is 0 Å². The van der Waals surface area contributed by atoms with Gasteiger partial charge in [0.2, 0.25) is 0 Å². The van der Waals surface area contributed by atoms with Gasteiger partial charge in [0.15, 0.2) is 0 Å².